The fourth-order valence-electron chi connectivity index (χ4n) is 2.66. The number of primary amides is 1. The Morgan fingerprint density at radius 2 is 1.89 bits per heavy atom. The smallest absolute Gasteiger partial charge is 0.262 e. The van der Waals surface area contributed by atoms with Crippen LogP contribution in [0, 0.1) is 0 Å². The molecule has 1 aliphatic rings. The second kappa shape index (κ2) is 9.16. The maximum absolute atomic E-state index is 12.2. The number of rotatable bonds is 7. The van der Waals surface area contributed by atoms with Gasteiger partial charge in [-0.3, -0.25) is 19.3 Å². The minimum Gasteiger partial charge on any atom is -0.477 e. The zero-order valence-corrected chi connectivity index (χ0v) is 15.2. The van der Waals surface area contributed by atoms with E-state index >= 15 is 0 Å². The second-order valence-electron chi connectivity index (χ2n) is 6.24. The summed E-state index contributed by atoms with van der Waals surface area (Å²) in [4.78, 5) is 37.3. The molecule has 28 heavy (non-hydrogen) atoms. The molecule has 148 valence electrons. The number of carbonyl (C=O) groups excluding carboxylic acids is 2. The van der Waals surface area contributed by atoms with Crippen LogP contribution in [0.5, 0.6) is 5.75 Å². The van der Waals surface area contributed by atoms with Gasteiger partial charge in [0.15, 0.2) is 6.61 Å². The largest absolute Gasteiger partial charge is 0.477 e. The number of ether oxygens (including phenoxy) is 2. The summed E-state index contributed by atoms with van der Waals surface area (Å²) < 4.78 is 16.0. The Kier molecular flexibility index (Phi) is 6.41. The van der Waals surface area contributed by atoms with Crippen LogP contribution in [-0.2, 0) is 16.1 Å². The van der Waals surface area contributed by atoms with Gasteiger partial charge in [-0.2, -0.15) is 0 Å². The van der Waals surface area contributed by atoms with Gasteiger partial charge in [0.2, 0.25) is 17.1 Å². The Labute approximate surface area is 161 Å². The lowest BCUT2D eigenvalue weighted by atomic mass is 10.2. The number of hydrogen-bond acceptors (Lipinski definition) is 7. The van der Waals surface area contributed by atoms with Crippen molar-refractivity contribution < 1.29 is 23.5 Å². The van der Waals surface area contributed by atoms with Crippen molar-refractivity contribution >= 4 is 17.5 Å². The topological polar surface area (TPSA) is 124 Å². The fourth-order valence-corrected chi connectivity index (χ4v) is 2.66. The number of nitrogens with one attached hydrogen (secondary N) is 1. The van der Waals surface area contributed by atoms with E-state index in [0.717, 1.165) is 13.1 Å². The summed E-state index contributed by atoms with van der Waals surface area (Å²) in [7, 11) is 0. The first-order valence-electron chi connectivity index (χ1n) is 8.75. The lowest BCUT2D eigenvalue weighted by molar-refractivity contribution is -0.118. The van der Waals surface area contributed by atoms with Gasteiger partial charge in [0, 0.05) is 30.4 Å². The van der Waals surface area contributed by atoms with E-state index in [1.807, 2.05) is 0 Å². The number of amides is 2. The first-order valence-corrected chi connectivity index (χ1v) is 8.75. The zero-order valence-electron chi connectivity index (χ0n) is 15.2. The highest BCUT2D eigenvalue weighted by atomic mass is 16.5. The average Bonchev–Trinajstić information content (AvgIpc) is 2.68. The van der Waals surface area contributed by atoms with Crippen LogP contribution in [0.25, 0.3) is 0 Å². The van der Waals surface area contributed by atoms with Crippen LogP contribution in [0.2, 0.25) is 0 Å². The van der Waals surface area contributed by atoms with Crippen LogP contribution < -0.4 is 21.2 Å². The van der Waals surface area contributed by atoms with Gasteiger partial charge in [-0.25, -0.2) is 0 Å². The number of morpholine rings is 1. The first-order chi connectivity index (χ1) is 13.5. The zero-order chi connectivity index (χ0) is 19.9. The molecule has 9 heteroatoms. The molecule has 3 N–H and O–H groups in total. The van der Waals surface area contributed by atoms with E-state index in [0.29, 0.717) is 36.8 Å². The summed E-state index contributed by atoms with van der Waals surface area (Å²) in [6.45, 7) is 3.04. The maximum atomic E-state index is 12.2. The molecule has 1 saturated heterocycles. The molecule has 3 rings (SSSR count). The number of benzene rings is 1. The van der Waals surface area contributed by atoms with Crippen molar-refractivity contribution in [2.24, 2.45) is 5.73 Å². The van der Waals surface area contributed by atoms with Gasteiger partial charge in [0.1, 0.15) is 12.0 Å². The Hall–Kier alpha value is -3.17. The van der Waals surface area contributed by atoms with Gasteiger partial charge in [-0.15, -0.1) is 0 Å². The molecule has 2 heterocycles. The van der Waals surface area contributed by atoms with Gasteiger partial charge in [-0.1, -0.05) is 0 Å². The van der Waals surface area contributed by atoms with E-state index in [2.05, 4.69) is 10.2 Å². The van der Waals surface area contributed by atoms with Crippen molar-refractivity contribution in [3.05, 3.63) is 58.1 Å². The summed E-state index contributed by atoms with van der Waals surface area (Å²) in [6.07, 6.45) is 1.22. The quantitative estimate of drug-likeness (QED) is 0.712. The molecule has 0 saturated carbocycles. The van der Waals surface area contributed by atoms with Gasteiger partial charge >= 0.3 is 0 Å². The Morgan fingerprint density at radius 1 is 1.18 bits per heavy atom. The van der Waals surface area contributed by atoms with Gasteiger partial charge in [0.05, 0.1) is 19.8 Å². The Morgan fingerprint density at radius 3 is 2.54 bits per heavy atom. The third-order valence-electron chi connectivity index (χ3n) is 4.15. The molecule has 1 aromatic heterocycles. The van der Waals surface area contributed by atoms with Crippen molar-refractivity contribution in [2.75, 3.05) is 38.2 Å². The Balaban J connectivity index is 1.51. The summed E-state index contributed by atoms with van der Waals surface area (Å²) >= 11 is 0. The van der Waals surface area contributed by atoms with Crippen molar-refractivity contribution in [3.63, 3.8) is 0 Å². The molecule has 1 fully saturated rings. The SMILES string of the molecule is NC(=O)c1ccc(NC(=O)COc2coc(CN3CCOCC3)cc2=O)cc1. The first kappa shape index (κ1) is 19.6. The molecule has 2 aromatic rings. The lowest BCUT2D eigenvalue weighted by Crippen LogP contribution is -2.35. The molecule has 2 amide bonds. The van der Waals surface area contributed by atoms with Crippen molar-refractivity contribution in [1.82, 2.24) is 4.90 Å². The molecule has 0 spiro atoms. The predicted molar refractivity (Wildman–Crippen MR) is 100 cm³/mol. The number of anilines is 1. The predicted octanol–water partition coefficient (Wildman–Crippen LogP) is 0.588. The molecule has 1 aromatic carbocycles. The molecule has 0 aliphatic carbocycles. The Bertz CT molecular complexity index is 887. The van der Waals surface area contributed by atoms with E-state index in [-0.39, 0.29) is 17.8 Å². The third-order valence-corrected chi connectivity index (χ3v) is 4.15. The maximum Gasteiger partial charge on any atom is 0.262 e. The van der Waals surface area contributed by atoms with Crippen molar-refractivity contribution in [1.29, 1.82) is 0 Å². The standard InChI is InChI=1S/C19H21N3O6/c20-19(25)13-1-3-14(4-2-13)21-18(24)12-28-17-11-27-15(9-16(17)23)10-22-5-7-26-8-6-22/h1-4,9,11H,5-8,10,12H2,(H2,20,25)(H,21,24). The molecule has 0 bridgehead atoms. The van der Waals surface area contributed by atoms with Crippen molar-refractivity contribution in [3.8, 4) is 5.75 Å². The van der Waals surface area contributed by atoms with E-state index in [1.165, 1.54) is 24.5 Å². The average molecular weight is 387 g/mol. The van der Waals surface area contributed by atoms with E-state index in [4.69, 9.17) is 19.6 Å². The van der Waals surface area contributed by atoms with E-state index in [9.17, 15) is 14.4 Å². The third kappa shape index (κ3) is 5.41. The van der Waals surface area contributed by atoms with Crippen LogP contribution in [-0.4, -0.2) is 49.6 Å². The fraction of sp³-hybridized carbons (Fsp3) is 0.316. The van der Waals surface area contributed by atoms with Crippen molar-refractivity contribution in [2.45, 2.75) is 6.54 Å². The van der Waals surface area contributed by atoms with Crippen LogP contribution >= 0.6 is 0 Å². The van der Waals surface area contributed by atoms with E-state index in [1.54, 1.807) is 12.1 Å². The van der Waals surface area contributed by atoms with Gasteiger partial charge < -0.3 is 24.9 Å². The number of carbonyl (C=O) groups is 2. The summed E-state index contributed by atoms with van der Waals surface area (Å²) in [5.41, 5.74) is 5.62. The molecule has 0 radical (unpaired) electrons. The van der Waals surface area contributed by atoms with Gasteiger partial charge in [0.25, 0.3) is 5.91 Å². The molecule has 0 unspecified atom stereocenters. The molecule has 1 aliphatic heterocycles. The highest BCUT2D eigenvalue weighted by molar-refractivity contribution is 5.95. The number of nitrogens with zero attached hydrogens (tertiary/aromatic N) is 1. The van der Waals surface area contributed by atoms with Crippen LogP contribution in [0.3, 0.4) is 0 Å². The summed E-state index contributed by atoms with van der Waals surface area (Å²) in [5, 5.41) is 2.60. The second-order valence-corrected chi connectivity index (χ2v) is 6.24. The van der Waals surface area contributed by atoms with Crippen LogP contribution in [0.4, 0.5) is 5.69 Å². The molecular weight excluding hydrogens is 366 g/mol. The summed E-state index contributed by atoms with van der Waals surface area (Å²) in [6, 6.07) is 7.46. The minimum absolute atomic E-state index is 0.0371. The lowest BCUT2D eigenvalue weighted by Gasteiger charge is -2.25. The number of nitrogens with two attached hydrogens (primary N) is 1. The molecular formula is C19H21N3O6. The summed E-state index contributed by atoms with van der Waals surface area (Å²) in [5.74, 6) is -0.517. The molecule has 0 atom stereocenters. The number of hydrogen-bond donors (Lipinski definition) is 2. The molecule has 9 nitrogen and oxygen atoms in total. The monoisotopic (exact) mass is 387 g/mol. The van der Waals surface area contributed by atoms with Gasteiger partial charge in [-0.05, 0) is 24.3 Å². The van der Waals surface area contributed by atoms with Crippen LogP contribution in [0.15, 0.2) is 45.8 Å². The normalized spacial score (nSPS) is 14.4. The van der Waals surface area contributed by atoms with E-state index < -0.39 is 11.8 Å². The van der Waals surface area contributed by atoms with Crippen LogP contribution in [0.1, 0.15) is 16.1 Å². The highest BCUT2D eigenvalue weighted by Gasteiger charge is 2.14. The minimum atomic E-state index is -0.551. The highest BCUT2D eigenvalue weighted by Crippen LogP contribution is 2.11.